The van der Waals surface area contributed by atoms with Gasteiger partial charge < -0.3 is 50.0 Å². The van der Waals surface area contributed by atoms with Gasteiger partial charge in [-0.25, -0.2) is 39.5 Å². The Hall–Kier alpha value is -19.5. The lowest BCUT2D eigenvalue weighted by Gasteiger charge is -2.11. The number of aromatic amines is 6. The van der Waals surface area contributed by atoms with Gasteiger partial charge >= 0.3 is 11.9 Å². The molecule has 0 atom stereocenters. The molecule has 0 saturated carbocycles. The maximum Gasteiger partial charge on any atom is 0.337 e. The molecule has 18 heteroatoms. The molecular weight excluding hydrogens is 1750 g/mol. The number of esters is 2. The number of fused-ring (bicyclic) bond motifs is 24. The Morgan fingerprint density at radius 1 is 0.183 bits per heavy atom. The van der Waals surface area contributed by atoms with Crippen molar-refractivity contribution in [2.75, 3.05) is 24.9 Å². The highest BCUT2D eigenvalue weighted by Crippen LogP contribution is 2.46. The van der Waals surface area contributed by atoms with Crippen LogP contribution in [0.4, 0.5) is 22.7 Å². The van der Waals surface area contributed by atoms with Crippen molar-refractivity contribution in [3.05, 3.63) is 431 Å². The van der Waals surface area contributed by atoms with Crippen LogP contribution < -0.4 is 10.6 Å². The summed E-state index contributed by atoms with van der Waals surface area (Å²) < 4.78 is 10.5. The number of nitrogens with one attached hydrogen (secondary N) is 8. The number of methoxy groups -OCH3 is 2. The molecule has 9 aromatic heterocycles. The van der Waals surface area contributed by atoms with Gasteiger partial charge in [-0.2, -0.15) is 0 Å². The van der Waals surface area contributed by atoms with Gasteiger partial charge in [-0.3, -0.25) is 0 Å². The van der Waals surface area contributed by atoms with Crippen LogP contribution in [0.3, 0.4) is 0 Å². The number of hydrogen-bond donors (Lipinski definition) is 8. The monoisotopic (exact) mass is 1830 g/mol. The number of carbonyl (C=O) groups excluding carboxylic acids is 2. The standard InChI is InChI=1S/C124H84N14O4/c1-141-123(139)83-37-33-79(34-38-83)117-103-65-69-107(135-103)121(125-85-45-41-81(42-46-85)119-99-61-57-95(131-99)113(75-25-13-5-14-26-75)91-53-49-87(127-91)111(73-21-9-3-10-22-73)88-50-54-92(128-88)114(76-27-15-6-16-28-76)96-58-62-100(119)132-96)109-71-67-105(137-109)118(80-35-39-84(40-36-80)124(140)142-2)106-68-72-110(138-106)122(108-70-66-104(117)136-108)126-86-47-43-82(44-48-86)120-101-63-59-97(133-101)115(77-29-17-7-18-30-77)93-55-51-89(129-93)112(74-23-11-4-12-24-74)90-52-56-94(130-90)116(78-31-19-8-20-32-78)98-60-64-102(120)134-98/h3-72,125-127,129,132,134-135,138H,1-2H3. The normalized spacial score (nSPS) is 12.2. The van der Waals surface area contributed by atoms with Crippen molar-refractivity contribution in [2.45, 2.75) is 0 Å². The number of carbonyl (C=O) groups is 2. The Morgan fingerprint density at radius 3 is 0.528 bits per heavy atom. The predicted octanol–water partition coefficient (Wildman–Crippen LogP) is 30.3. The van der Waals surface area contributed by atoms with Gasteiger partial charge in [-0.05, 0) is 250 Å². The van der Waals surface area contributed by atoms with E-state index in [9.17, 15) is 9.59 Å². The third kappa shape index (κ3) is 15.6. The van der Waals surface area contributed by atoms with Crippen LogP contribution in [-0.4, -0.2) is 86.0 Å². The summed E-state index contributed by atoms with van der Waals surface area (Å²) in [6, 6.07) is 120. The summed E-state index contributed by atoms with van der Waals surface area (Å²) in [6.07, 6.45) is 25.1. The Balaban J connectivity index is 0.651. The average Bonchev–Trinajstić information content (AvgIpc) is 1.62. The van der Waals surface area contributed by atoms with E-state index in [0.717, 1.165) is 223 Å². The van der Waals surface area contributed by atoms with Gasteiger partial charge in [0.2, 0.25) is 0 Å². The van der Waals surface area contributed by atoms with Crippen molar-refractivity contribution < 1.29 is 19.1 Å². The van der Waals surface area contributed by atoms with Gasteiger partial charge in [-0.15, -0.1) is 0 Å². The van der Waals surface area contributed by atoms with Crippen molar-refractivity contribution in [1.82, 2.24) is 59.8 Å². The highest BCUT2D eigenvalue weighted by molar-refractivity contribution is 6.07. The van der Waals surface area contributed by atoms with Crippen molar-refractivity contribution in [1.29, 1.82) is 0 Å². The maximum atomic E-state index is 13.3. The summed E-state index contributed by atoms with van der Waals surface area (Å²) >= 11 is 0. The first-order valence-corrected chi connectivity index (χ1v) is 47.0. The number of H-pyrrole nitrogens is 6. The van der Waals surface area contributed by atoms with Crippen molar-refractivity contribution in [2.24, 2.45) is 0 Å². The van der Waals surface area contributed by atoms with Crippen LogP contribution in [0.2, 0.25) is 0 Å². The molecule has 24 bridgehead atoms. The highest BCUT2D eigenvalue weighted by atomic mass is 16.5. The van der Waals surface area contributed by atoms with E-state index in [0.29, 0.717) is 56.3 Å². The van der Waals surface area contributed by atoms with Crippen LogP contribution >= 0.6 is 0 Å². The Bertz CT molecular complexity index is 8540. The molecule has 674 valence electrons. The second-order valence-corrected chi connectivity index (χ2v) is 35.2. The molecule has 0 fully saturated rings. The summed E-state index contributed by atoms with van der Waals surface area (Å²) in [7, 11) is 2.77. The quantitative estimate of drug-likeness (QED) is 0.0421. The lowest BCUT2D eigenvalue weighted by Crippen LogP contribution is -2.00. The smallest absolute Gasteiger partial charge is 0.337 e. The summed E-state index contributed by atoms with van der Waals surface area (Å²) in [6.45, 7) is 0. The molecule has 0 spiro atoms. The summed E-state index contributed by atoms with van der Waals surface area (Å²) in [5.41, 5.74) is 41.1. The Kier molecular flexibility index (Phi) is 21.2. The highest BCUT2D eigenvalue weighted by Gasteiger charge is 2.27. The molecule has 19 aromatic rings. The molecular formula is C124H84N14O4. The molecule has 142 heavy (non-hydrogen) atoms. The van der Waals surface area contributed by atoms with E-state index in [-0.39, 0.29) is 0 Å². The minimum atomic E-state index is -0.459. The zero-order valence-corrected chi connectivity index (χ0v) is 76.7. The van der Waals surface area contributed by atoms with E-state index < -0.39 is 11.9 Å². The maximum absolute atomic E-state index is 13.3. The molecule has 10 aromatic carbocycles. The van der Waals surface area contributed by atoms with Crippen LogP contribution in [0.5, 0.6) is 0 Å². The average molecular weight is 1830 g/mol. The van der Waals surface area contributed by atoms with Gasteiger partial charge in [0.25, 0.3) is 0 Å². The largest absolute Gasteiger partial charge is 0.465 e. The van der Waals surface area contributed by atoms with Crippen LogP contribution in [0, 0.1) is 0 Å². The fourth-order valence-electron chi connectivity index (χ4n) is 20.1. The number of ether oxygens (including phenoxy) is 2. The zero-order valence-electron chi connectivity index (χ0n) is 76.7. The van der Waals surface area contributed by atoms with Crippen LogP contribution in [0.25, 0.3) is 250 Å². The SMILES string of the molecule is COC(=O)c1ccc(-c2c3nc(c(Nc4ccc(-c5c6nc(c(-c7ccccc7)c7ccc([nH]7)c(-c7ccccc7)c7nc(c(-c8ccccc8)c8ccc5[nH]8)C=C7)C=C6)cc4)c4ccc([nH]4)c(-c4ccc(C(=O)OC)cc4)c4nc(c(Nc5ccc(-c6c7nc(c(-c8ccccc8)c8ccc([nH]8)c(-c8ccccc8)c8nc(c(-c9ccccc9)c9ccc6[nH]9)C=C8)C=C7)cc5)c5ccc2[nH]5)C=C4)C=C3)cc1. The first-order chi connectivity index (χ1) is 70.0. The molecule has 0 radical (unpaired) electrons. The molecule has 18 nitrogen and oxygen atoms in total. The third-order valence-electron chi connectivity index (χ3n) is 26.7. The molecule has 0 amide bonds. The van der Waals surface area contributed by atoms with E-state index in [2.05, 4.69) is 356 Å². The van der Waals surface area contributed by atoms with E-state index >= 15 is 0 Å². The first kappa shape index (κ1) is 84.3. The number of benzene rings is 10. The summed E-state index contributed by atoms with van der Waals surface area (Å²) in [4.78, 5) is 83.6. The molecule has 6 aliphatic heterocycles. The number of rotatable bonds is 16. The fraction of sp³-hybridized carbons (Fsp3) is 0.0161. The number of hydrogen-bond acceptors (Lipinski definition) is 12. The minimum absolute atomic E-state index is 0.394. The minimum Gasteiger partial charge on any atom is -0.465 e. The number of nitrogens with zero attached hydrogens (tertiary/aromatic N) is 6. The number of aromatic nitrogens is 12. The zero-order chi connectivity index (χ0) is 94.8. The second kappa shape index (κ2) is 35.7. The first-order valence-electron chi connectivity index (χ1n) is 47.0. The van der Waals surface area contributed by atoms with E-state index in [1.807, 2.05) is 85.0 Å². The van der Waals surface area contributed by atoms with Crippen molar-refractivity contribution in [3.8, 4) is 111 Å². The van der Waals surface area contributed by atoms with Crippen LogP contribution in [0.15, 0.2) is 352 Å². The topological polar surface area (TPSA) is 249 Å². The molecule has 6 aliphatic rings. The van der Waals surface area contributed by atoms with Crippen LogP contribution in [0.1, 0.15) is 89.0 Å². The van der Waals surface area contributed by atoms with Crippen LogP contribution in [-0.2, 0) is 9.47 Å². The third-order valence-corrected chi connectivity index (χ3v) is 26.7. The Morgan fingerprint density at radius 2 is 0.338 bits per heavy atom. The summed E-state index contributed by atoms with van der Waals surface area (Å²) in [5, 5.41) is 7.81. The van der Waals surface area contributed by atoms with Gasteiger partial charge in [0.1, 0.15) is 0 Å². The van der Waals surface area contributed by atoms with E-state index in [1.165, 1.54) is 14.2 Å². The van der Waals surface area contributed by atoms with Crippen molar-refractivity contribution >= 4 is 174 Å². The molecule has 15 heterocycles. The molecule has 0 saturated heterocycles. The summed E-state index contributed by atoms with van der Waals surface area (Å²) in [5.74, 6) is -0.918. The predicted molar refractivity (Wildman–Crippen MR) is 580 cm³/mol. The van der Waals surface area contributed by atoms with E-state index in [4.69, 9.17) is 39.4 Å². The van der Waals surface area contributed by atoms with Gasteiger partial charge in [0, 0.05) is 122 Å². The van der Waals surface area contributed by atoms with E-state index in [1.54, 1.807) is 24.3 Å². The molecule has 8 N–H and O–H groups in total. The van der Waals surface area contributed by atoms with Gasteiger partial charge in [-0.1, -0.05) is 231 Å². The molecule has 0 aliphatic carbocycles. The second-order valence-electron chi connectivity index (χ2n) is 35.2. The fourth-order valence-corrected chi connectivity index (χ4v) is 20.1. The Labute approximate surface area is 814 Å². The lowest BCUT2D eigenvalue weighted by molar-refractivity contribution is 0.0592. The molecule has 25 rings (SSSR count). The van der Waals surface area contributed by atoms with Gasteiger partial charge in [0.15, 0.2) is 0 Å². The van der Waals surface area contributed by atoms with Crippen molar-refractivity contribution in [3.63, 3.8) is 0 Å². The number of anilines is 4. The van der Waals surface area contributed by atoms with Gasteiger partial charge in [0.05, 0.1) is 116 Å². The lowest BCUT2D eigenvalue weighted by atomic mass is 10.0. The molecule has 0 unspecified atom stereocenters.